The number of aromatic nitrogens is 1. The molecular weight excluding hydrogens is 274 g/mol. The lowest BCUT2D eigenvalue weighted by molar-refractivity contribution is -0.0885. The molecule has 0 atom stereocenters. The third-order valence-corrected chi connectivity index (χ3v) is 3.02. The molecule has 0 unspecified atom stereocenters. The molecule has 0 bridgehead atoms. The van der Waals surface area contributed by atoms with Crippen LogP contribution in [0, 0.1) is 19.7 Å². The summed E-state index contributed by atoms with van der Waals surface area (Å²) in [6.07, 6.45) is -4.91. The van der Waals surface area contributed by atoms with E-state index in [1.165, 1.54) is 41.8 Å². The van der Waals surface area contributed by atoms with Crippen LogP contribution in [0.4, 0.5) is 17.6 Å². The number of benzene rings is 1. The number of halogens is 4. The molecule has 0 spiro atoms. The lowest BCUT2D eigenvalue weighted by Gasteiger charge is -2.10. The standard InChI is InChI=1S/C14H11F4NO/c1-8-7-12(13(20)14(16,17)18)9(2)19(8)11-5-3-10(15)4-6-11/h3-7H,1-2H3. The first-order chi connectivity index (χ1) is 9.21. The Hall–Kier alpha value is -2.11. The highest BCUT2D eigenvalue weighted by Crippen LogP contribution is 2.27. The molecule has 1 aromatic heterocycles. The van der Waals surface area contributed by atoms with Gasteiger partial charge in [0.05, 0.1) is 0 Å². The highest BCUT2D eigenvalue weighted by molar-refractivity contribution is 6.01. The molecule has 106 valence electrons. The summed E-state index contributed by atoms with van der Waals surface area (Å²) >= 11 is 0. The van der Waals surface area contributed by atoms with E-state index >= 15 is 0 Å². The molecule has 0 saturated carbocycles. The first kappa shape index (κ1) is 14.3. The van der Waals surface area contributed by atoms with Gasteiger partial charge >= 0.3 is 6.18 Å². The maximum atomic E-state index is 12.9. The fourth-order valence-corrected chi connectivity index (χ4v) is 2.13. The molecule has 2 aromatic rings. The van der Waals surface area contributed by atoms with E-state index in [4.69, 9.17) is 0 Å². The number of Topliss-reactive ketones (excluding diaryl/α,β-unsaturated/α-hetero) is 1. The Bertz CT molecular complexity index is 653. The van der Waals surface area contributed by atoms with Crippen LogP contribution in [0.5, 0.6) is 0 Å². The van der Waals surface area contributed by atoms with Gasteiger partial charge in [-0.25, -0.2) is 4.39 Å². The van der Waals surface area contributed by atoms with E-state index in [0.29, 0.717) is 11.4 Å². The van der Waals surface area contributed by atoms with Crippen molar-refractivity contribution in [2.24, 2.45) is 0 Å². The number of carbonyl (C=O) groups excluding carboxylic acids is 1. The van der Waals surface area contributed by atoms with Gasteiger partial charge in [0.15, 0.2) is 0 Å². The number of alkyl halides is 3. The second-order valence-electron chi connectivity index (χ2n) is 4.42. The van der Waals surface area contributed by atoms with Gasteiger partial charge in [-0.15, -0.1) is 0 Å². The zero-order valence-corrected chi connectivity index (χ0v) is 10.8. The van der Waals surface area contributed by atoms with Crippen molar-refractivity contribution in [1.29, 1.82) is 0 Å². The molecule has 2 rings (SSSR count). The van der Waals surface area contributed by atoms with E-state index < -0.39 is 17.8 Å². The third kappa shape index (κ3) is 2.45. The van der Waals surface area contributed by atoms with Gasteiger partial charge in [0.2, 0.25) is 0 Å². The molecular formula is C14H11F4NO. The largest absolute Gasteiger partial charge is 0.454 e. The molecule has 1 aromatic carbocycles. The number of hydrogen-bond donors (Lipinski definition) is 0. The summed E-state index contributed by atoms with van der Waals surface area (Å²) in [5, 5.41) is 0. The van der Waals surface area contributed by atoms with Gasteiger partial charge in [-0.05, 0) is 44.2 Å². The fraction of sp³-hybridized carbons (Fsp3) is 0.214. The first-order valence-corrected chi connectivity index (χ1v) is 5.78. The summed E-state index contributed by atoms with van der Waals surface area (Å²) in [7, 11) is 0. The van der Waals surface area contributed by atoms with Crippen LogP contribution in [0.2, 0.25) is 0 Å². The minimum Gasteiger partial charge on any atom is -0.318 e. The number of ketones is 1. The lowest BCUT2D eigenvalue weighted by Crippen LogP contribution is -2.23. The topological polar surface area (TPSA) is 22.0 Å². The molecule has 0 radical (unpaired) electrons. The molecule has 6 heteroatoms. The van der Waals surface area contributed by atoms with Crippen molar-refractivity contribution in [3.05, 3.63) is 53.1 Å². The smallest absolute Gasteiger partial charge is 0.318 e. The molecule has 0 fully saturated rings. The van der Waals surface area contributed by atoms with E-state index in [1.807, 2.05) is 0 Å². The molecule has 20 heavy (non-hydrogen) atoms. The number of nitrogens with zero attached hydrogens (tertiary/aromatic N) is 1. The lowest BCUT2D eigenvalue weighted by atomic mass is 10.1. The molecule has 0 amide bonds. The van der Waals surface area contributed by atoms with Crippen molar-refractivity contribution < 1.29 is 22.4 Å². The summed E-state index contributed by atoms with van der Waals surface area (Å²) in [5.74, 6) is -2.32. The third-order valence-electron chi connectivity index (χ3n) is 3.02. The monoisotopic (exact) mass is 285 g/mol. The molecule has 0 N–H and O–H groups in total. The quantitative estimate of drug-likeness (QED) is 0.604. The van der Waals surface area contributed by atoms with Crippen molar-refractivity contribution in [1.82, 2.24) is 4.57 Å². The Morgan fingerprint density at radius 2 is 1.65 bits per heavy atom. The van der Waals surface area contributed by atoms with Gasteiger partial charge in [0, 0.05) is 22.6 Å². The van der Waals surface area contributed by atoms with Crippen molar-refractivity contribution in [2.45, 2.75) is 20.0 Å². The number of hydrogen-bond acceptors (Lipinski definition) is 1. The van der Waals surface area contributed by atoms with Gasteiger partial charge in [-0.1, -0.05) is 0 Å². The second kappa shape index (κ2) is 4.77. The van der Waals surface area contributed by atoms with Crippen LogP contribution >= 0.6 is 0 Å². The first-order valence-electron chi connectivity index (χ1n) is 5.78. The van der Waals surface area contributed by atoms with Crippen molar-refractivity contribution >= 4 is 5.78 Å². The van der Waals surface area contributed by atoms with E-state index in [1.54, 1.807) is 6.92 Å². The van der Waals surface area contributed by atoms with E-state index in [0.717, 1.165) is 0 Å². The Labute approximate surface area is 112 Å². The Morgan fingerprint density at radius 1 is 1.10 bits per heavy atom. The zero-order valence-electron chi connectivity index (χ0n) is 10.8. The molecule has 0 aliphatic rings. The van der Waals surface area contributed by atoms with Crippen molar-refractivity contribution in [3.8, 4) is 5.69 Å². The SMILES string of the molecule is Cc1cc(C(=O)C(F)(F)F)c(C)n1-c1ccc(F)cc1. The predicted octanol–water partition coefficient (Wildman–Crippen LogP) is 3.98. The van der Waals surface area contributed by atoms with Gasteiger partial charge < -0.3 is 4.57 Å². The van der Waals surface area contributed by atoms with Gasteiger partial charge in [-0.3, -0.25) is 4.79 Å². The maximum absolute atomic E-state index is 12.9. The van der Waals surface area contributed by atoms with Crippen LogP contribution in [-0.2, 0) is 0 Å². The van der Waals surface area contributed by atoms with E-state index in [2.05, 4.69) is 0 Å². The summed E-state index contributed by atoms with van der Waals surface area (Å²) < 4.78 is 51.9. The van der Waals surface area contributed by atoms with Gasteiger partial charge in [0.1, 0.15) is 5.82 Å². The number of carbonyl (C=O) groups is 1. The maximum Gasteiger partial charge on any atom is 0.454 e. The highest BCUT2D eigenvalue weighted by Gasteiger charge is 2.41. The number of aryl methyl sites for hydroxylation is 1. The second-order valence-corrected chi connectivity index (χ2v) is 4.42. The minimum atomic E-state index is -4.91. The molecule has 0 aliphatic carbocycles. The fourth-order valence-electron chi connectivity index (χ4n) is 2.13. The van der Waals surface area contributed by atoms with E-state index in [9.17, 15) is 22.4 Å². The van der Waals surface area contributed by atoms with E-state index in [-0.39, 0.29) is 11.3 Å². The highest BCUT2D eigenvalue weighted by atomic mass is 19.4. The Morgan fingerprint density at radius 3 is 2.15 bits per heavy atom. The summed E-state index contributed by atoms with van der Waals surface area (Å²) in [6.45, 7) is 3.01. The average Bonchev–Trinajstić information content (AvgIpc) is 2.64. The Balaban J connectivity index is 2.55. The van der Waals surface area contributed by atoms with Crippen LogP contribution in [0.1, 0.15) is 21.7 Å². The van der Waals surface area contributed by atoms with Crippen LogP contribution < -0.4 is 0 Å². The minimum absolute atomic E-state index is 0.177. The summed E-state index contributed by atoms with van der Waals surface area (Å²) in [4.78, 5) is 11.3. The molecule has 0 aliphatic heterocycles. The Kier molecular flexibility index (Phi) is 3.41. The summed E-state index contributed by atoms with van der Waals surface area (Å²) in [6, 6.07) is 6.49. The number of rotatable bonds is 2. The predicted molar refractivity (Wildman–Crippen MR) is 65.6 cm³/mol. The summed E-state index contributed by atoms with van der Waals surface area (Å²) in [5.41, 5.74) is 0.764. The van der Waals surface area contributed by atoms with Gasteiger partial charge in [0.25, 0.3) is 5.78 Å². The van der Waals surface area contributed by atoms with Crippen LogP contribution in [0.15, 0.2) is 30.3 Å². The van der Waals surface area contributed by atoms with Crippen LogP contribution in [0.3, 0.4) is 0 Å². The molecule has 2 nitrogen and oxygen atoms in total. The zero-order chi connectivity index (χ0) is 15.1. The van der Waals surface area contributed by atoms with Crippen LogP contribution in [-0.4, -0.2) is 16.5 Å². The normalized spacial score (nSPS) is 11.7. The van der Waals surface area contributed by atoms with Crippen LogP contribution in [0.25, 0.3) is 5.69 Å². The van der Waals surface area contributed by atoms with Crippen molar-refractivity contribution in [2.75, 3.05) is 0 Å². The molecule has 0 saturated heterocycles. The van der Waals surface area contributed by atoms with Gasteiger partial charge in [-0.2, -0.15) is 13.2 Å². The average molecular weight is 285 g/mol. The van der Waals surface area contributed by atoms with Crippen molar-refractivity contribution in [3.63, 3.8) is 0 Å². The molecule has 1 heterocycles.